The molecule has 2 saturated heterocycles. The molecular weight excluding hydrogens is 321 g/mol. The van der Waals surface area contributed by atoms with E-state index in [1.54, 1.807) is 6.07 Å². The molecule has 2 aliphatic rings. The molecule has 4 rings (SSSR count). The highest BCUT2D eigenvalue weighted by atomic mass is 19.1. The molecule has 1 amide bonds. The summed E-state index contributed by atoms with van der Waals surface area (Å²) in [4.78, 5) is 16.0. The Hall–Kier alpha value is -2.60. The van der Waals surface area contributed by atoms with E-state index in [0.29, 0.717) is 12.1 Å². The molecule has 0 unspecified atom stereocenters. The lowest BCUT2D eigenvalue weighted by molar-refractivity contribution is 0.0702. The van der Waals surface area contributed by atoms with Crippen LogP contribution in [0.2, 0.25) is 0 Å². The standard InChI is InChI=1S/C19H20FN3O2/c1-12-3-2-4-13(7-12)22-10-16-8-15(22)11-23(16)14-5-6-17(18(20)9-14)19(24)21-25/h2-7,9,15-16,25H,8,10-11H2,1H3,(H,21,24)/t15-,16-/m0/s1. The predicted molar refractivity (Wildman–Crippen MR) is 93.7 cm³/mol. The summed E-state index contributed by atoms with van der Waals surface area (Å²) >= 11 is 0. The van der Waals surface area contributed by atoms with Crippen LogP contribution in [0.25, 0.3) is 0 Å². The Balaban J connectivity index is 1.53. The van der Waals surface area contributed by atoms with E-state index in [4.69, 9.17) is 5.21 Å². The third kappa shape index (κ3) is 2.72. The minimum absolute atomic E-state index is 0.156. The molecule has 0 aliphatic carbocycles. The van der Waals surface area contributed by atoms with Crippen molar-refractivity contribution in [2.24, 2.45) is 0 Å². The van der Waals surface area contributed by atoms with Gasteiger partial charge in [-0.25, -0.2) is 9.87 Å². The fourth-order valence-corrected chi connectivity index (χ4v) is 4.03. The van der Waals surface area contributed by atoms with Gasteiger partial charge in [0.05, 0.1) is 5.56 Å². The molecule has 2 aromatic carbocycles. The molecule has 0 radical (unpaired) electrons. The van der Waals surface area contributed by atoms with E-state index >= 15 is 0 Å². The molecule has 2 bridgehead atoms. The van der Waals surface area contributed by atoms with E-state index in [0.717, 1.165) is 25.2 Å². The van der Waals surface area contributed by atoms with Gasteiger partial charge in [0.2, 0.25) is 0 Å². The summed E-state index contributed by atoms with van der Waals surface area (Å²) in [6.45, 7) is 3.84. The molecule has 0 aromatic heterocycles. The minimum Gasteiger partial charge on any atom is -0.365 e. The van der Waals surface area contributed by atoms with Gasteiger partial charge in [0.1, 0.15) is 5.82 Å². The lowest BCUT2D eigenvalue weighted by Crippen LogP contribution is -2.46. The van der Waals surface area contributed by atoms with Crippen LogP contribution in [0.15, 0.2) is 42.5 Å². The molecule has 2 atom stereocenters. The summed E-state index contributed by atoms with van der Waals surface area (Å²) in [5.41, 5.74) is 4.58. The molecule has 0 spiro atoms. The molecule has 5 nitrogen and oxygen atoms in total. The van der Waals surface area contributed by atoms with Crippen LogP contribution in [0, 0.1) is 12.7 Å². The number of nitrogens with zero attached hydrogens (tertiary/aromatic N) is 2. The van der Waals surface area contributed by atoms with Crippen molar-refractivity contribution in [3.05, 3.63) is 59.4 Å². The molecule has 2 heterocycles. The van der Waals surface area contributed by atoms with E-state index in [1.165, 1.54) is 28.9 Å². The number of anilines is 2. The highest BCUT2D eigenvalue weighted by molar-refractivity contribution is 5.94. The molecular formula is C19H20FN3O2. The van der Waals surface area contributed by atoms with E-state index in [1.807, 2.05) is 0 Å². The maximum atomic E-state index is 14.2. The Morgan fingerprint density at radius 2 is 1.80 bits per heavy atom. The number of halogens is 1. The number of nitrogens with one attached hydrogen (secondary N) is 1. The number of piperazine rings is 1. The Bertz CT molecular complexity index is 826. The van der Waals surface area contributed by atoms with Gasteiger partial charge in [-0.3, -0.25) is 10.0 Å². The first kappa shape index (κ1) is 15.9. The first-order chi connectivity index (χ1) is 12.1. The van der Waals surface area contributed by atoms with Crippen molar-refractivity contribution in [1.29, 1.82) is 0 Å². The highest BCUT2D eigenvalue weighted by Gasteiger charge is 2.43. The number of hydrogen-bond donors (Lipinski definition) is 2. The van der Waals surface area contributed by atoms with Crippen molar-refractivity contribution in [2.75, 3.05) is 22.9 Å². The van der Waals surface area contributed by atoms with Gasteiger partial charge < -0.3 is 9.80 Å². The third-order valence-electron chi connectivity index (χ3n) is 5.20. The van der Waals surface area contributed by atoms with Crippen LogP contribution in [0.3, 0.4) is 0 Å². The lowest BCUT2D eigenvalue weighted by atomic mass is 10.1. The molecule has 2 N–H and O–H groups in total. The second kappa shape index (κ2) is 6.04. The average Bonchev–Trinajstić information content (AvgIpc) is 3.21. The summed E-state index contributed by atoms with van der Waals surface area (Å²) in [6.07, 6.45) is 1.05. The molecule has 2 aromatic rings. The number of carbonyl (C=O) groups excluding carboxylic acids is 1. The normalized spacial score (nSPS) is 21.7. The number of aryl methyl sites for hydroxylation is 1. The first-order valence-electron chi connectivity index (χ1n) is 8.41. The fourth-order valence-electron chi connectivity index (χ4n) is 4.03. The molecule has 130 valence electrons. The molecule has 0 saturated carbocycles. The zero-order chi connectivity index (χ0) is 17.6. The largest absolute Gasteiger partial charge is 0.365 e. The zero-order valence-electron chi connectivity index (χ0n) is 13.9. The quantitative estimate of drug-likeness (QED) is 0.666. The number of hydrogen-bond acceptors (Lipinski definition) is 4. The van der Waals surface area contributed by atoms with Crippen LogP contribution in [0.5, 0.6) is 0 Å². The van der Waals surface area contributed by atoms with Crippen LogP contribution in [-0.2, 0) is 0 Å². The Morgan fingerprint density at radius 1 is 1.12 bits per heavy atom. The van der Waals surface area contributed by atoms with E-state index in [-0.39, 0.29) is 5.56 Å². The minimum atomic E-state index is -0.836. The Labute approximate surface area is 145 Å². The Kier molecular flexibility index (Phi) is 3.84. The number of amides is 1. The number of carbonyl (C=O) groups is 1. The van der Waals surface area contributed by atoms with E-state index < -0.39 is 11.7 Å². The molecule has 2 fully saturated rings. The van der Waals surface area contributed by atoms with Crippen LogP contribution in [0.4, 0.5) is 15.8 Å². The van der Waals surface area contributed by atoms with E-state index in [9.17, 15) is 9.18 Å². The van der Waals surface area contributed by atoms with E-state index in [2.05, 4.69) is 41.0 Å². The number of rotatable bonds is 3. The van der Waals surface area contributed by atoms with Gasteiger partial charge >= 0.3 is 0 Å². The fraction of sp³-hybridized carbons (Fsp3) is 0.316. The number of hydroxylamine groups is 1. The average molecular weight is 341 g/mol. The van der Waals surface area contributed by atoms with Crippen molar-refractivity contribution in [3.8, 4) is 0 Å². The summed E-state index contributed by atoms with van der Waals surface area (Å²) in [5.74, 6) is -1.46. The van der Waals surface area contributed by atoms with Crippen molar-refractivity contribution in [3.63, 3.8) is 0 Å². The predicted octanol–water partition coefficient (Wildman–Crippen LogP) is 2.72. The maximum absolute atomic E-state index is 14.2. The molecule has 25 heavy (non-hydrogen) atoms. The first-order valence-corrected chi connectivity index (χ1v) is 8.41. The second-order valence-electron chi connectivity index (χ2n) is 6.79. The Morgan fingerprint density at radius 3 is 2.36 bits per heavy atom. The number of fused-ring (bicyclic) bond motifs is 2. The van der Waals surface area contributed by atoms with Gasteiger partial charge in [-0.05, 0) is 49.2 Å². The smallest absolute Gasteiger partial charge is 0.277 e. The van der Waals surface area contributed by atoms with Crippen LogP contribution in [-0.4, -0.2) is 36.3 Å². The van der Waals surface area contributed by atoms with Gasteiger partial charge in [-0.1, -0.05) is 12.1 Å². The van der Waals surface area contributed by atoms with Crippen molar-refractivity contribution >= 4 is 17.3 Å². The highest BCUT2D eigenvalue weighted by Crippen LogP contribution is 2.37. The summed E-state index contributed by atoms with van der Waals surface area (Å²) in [6, 6.07) is 13.8. The summed E-state index contributed by atoms with van der Waals surface area (Å²) in [5, 5.41) is 8.65. The van der Waals surface area contributed by atoms with Crippen molar-refractivity contribution < 1.29 is 14.4 Å². The van der Waals surface area contributed by atoms with Gasteiger partial charge in [-0.15, -0.1) is 0 Å². The van der Waals surface area contributed by atoms with Crippen LogP contribution < -0.4 is 15.3 Å². The molecule has 2 aliphatic heterocycles. The SMILES string of the molecule is Cc1cccc(N2C[C@@H]3C[C@H]2CN3c2ccc(C(=O)NO)c(F)c2)c1. The van der Waals surface area contributed by atoms with Gasteiger partial charge in [0.25, 0.3) is 5.91 Å². The van der Waals surface area contributed by atoms with Crippen molar-refractivity contribution in [1.82, 2.24) is 5.48 Å². The van der Waals surface area contributed by atoms with Gasteiger partial charge in [0.15, 0.2) is 0 Å². The molecule has 6 heteroatoms. The topological polar surface area (TPSA) is 55.8 Å². The van der Waals surface area contributed by atoms with Crippen LogP contribution >= 0.6 is 0 Å². The monoisotopic (exact) mass is 341 g/mol. The van der Waals surface area contributed by atoms with Gasteiger partial charge in [-0.2, -0.15) is 0 Å². The third-order valence-corrected chi connectivity index (χ3v) is 5.20. The lowest BCUT2D eigenvalue weighted by Gasteiger charge is -2.37. The summed E-state index contributed by atoms with van der Waals surface area (Å²) < 4.78 is 14.2. The zero-order valence-corrected chi connectivity index (χ0v) is 13.9. The second-order valence-corrected chi connectivity index (χ2v) is 6.79. The number of benzene rings is 2. The maximum Gasteiger partial charge on any atom is 0.277 e. The summed E-state index contributed by atoms with van der Waals surface area (Å²) in [7, 11) is 0. The van der Waals surface area contributed by atoms with Crippen LogP contribution in [0.1, 0.15) is 22.3 Å². The van der Waals surface area contributed by atoms with Crippen molar-refractivity contribution in [2.45, 2.75) is 25.4 Å². The van der Waals surface area contributed by atoms with Gasteiger partial charge in [0, 0.05) is 36.5 Å².